The highest BCUT2D eigenvalue weighted by Gasteiger charge is 2.14. The molecule has 0 atom stereocenters. The third-order valence-electron chi connectivity index (χ3n) is 2.99. The fourth-order valence-corrected chi connectivity index (χ4v) is 1.81. The lowest BCUT2D eigenvalue weighted by molar-refractivity contribution is 0.366. The molecule has 2 nitrogen and oxygen atoms in total. The van der Waals surface area contributed by atoms with Crippen LogP contribution in [-0.2, 0) is 12.0 Å². The summed E-state index contributed by atoms with van der Waals surface area (Å²) in [5, 5.41) is 8.64. The van der Waals surface area contributed by atoms with Crippen LogP contribution in [0.25, 0.3) is 0 Å². The largest absolute Gasteiger partial charge is 0.289 e. The summed E-state index contributed by atoms with van der Waals surface area (Å²) in [4.78, 5) is 2.03. The first-order valence-electron chi connectivity index (χ1n) is 6.00. The van der Waals surface area contributed by atoms with Crippen LogP contribution in [0.1, 0.15) is 37.5 Å². The Bertz CT molecular complexity index is 422. The highest BCUT2D eigenvalue weighted by atomic mass is 15.1. The molecule has 0 fully saturated rings. The molecular formula is C15H22N2. The highest BCUT2D eigenvalue weighted by molar-refractivity contribution is 5.34. The molecule has 1 aromatic rings. The van der Waals surface area contributed by atoms with E-state index in [9.17, 15) is 0 Å². The van der Waals surface area contributed by atoms with E-state index in [-0.39, 0.29) is 5.41 Å². The minimum absolute atomic E-state index is 0.196. The molecule has 0 aliphatic rings. The minimum atomic E-state index is 0.196. The van der Waals surface area contributed by atoms with Crippen molar-refractivity contribution in [2.45, 2.75) is 39.7 Å². The van der Waals surface area contributed by atoms with E-state index in [0.29, 0.717) is 6.54 Å². The van der Waals surface area contributed by atoms with Gasteiger partial charge >= 0.3 is 0 Å². The van der Waals surface area contributed by atoms with Crippen molar-refractivity contribution in [2.24, 2.45) is 0 Å². The second kappa shape index (κ2) is 5.33. The number of nitriles is 1. The number of hydrogen-bond acceptors (Lipinski definition) is 2. The number of aryl methyl sites for hydroxylation is 1. The lowest BCUT2D eigenvalue weighted by Gasteiger charge is -2.21. The molecule has 0 unspecified atom stereocenters. The van der Waals surface area contributed by atoms with Crippen LogP contribution in [0.4, 0.5) is 0 Å². The average Bonchev–Trinajstić information content (AvgIpc) is 2.20. The number of hydrogen-bond donors (Lipinski definition) is 0. The van der Waals surface area contributed by atoms with Gasteiger partial charge in [0.15, 0.2) is 0 Å². The summed E-state index contributed by atoms with van der Waals surface area (Å²) in [6.07, 6.45) is 0. The predicted octanol–water partition coefficient (Wildman–Crippen LogP) is 3.25. The number of benzene rings is 1. The van der Waals surface area contributed by atoms with Crippen LogP contribution in [0.5, 0.6) is 0 Å². The maximum Gasteiger partial charge on any atom is 0.0866 e. The van der Waals surface area contributed by atoms with Crippen LogP contribution in [0.2, 0.25) is 0 Å². The molecule has 0 aromatic heterocycles. The van der Waals surface area contributed by atoms with Crippen molar-refractivity contribution in [1.82, 2.24) is 4.90 Å². The molecule has 1 rings (SSSR count). The van der Waals surface area contributed by atoms with Crippen LogP contribution < -0.4 is 0 Å². The fourth-order valence-electron chi connectivity index (χ4n) is 1.81. The Labute approximate surface area is 105 Å². The predicted molar refractivity (Wildman–Crippen MR) is 71.8 cm³/mol. The maximum absolute atomic E-state index is 8.64. The SMILES string of the molecule is Cc1cc(C(C)(C)C)ccc1CN(C)CC#N. The van der Waals surface area contributed by atoms with Crippen LogP contribution >= 0.6 is 0 Å². The molecule has 17 heavy (non-hydrogen) atoms. The molecule has 0 radical (unpaired) electrons. The van der Waals surface area contributed by atoms with Gasteiger partial charge < -0.3 is 0 Å². The average molecular weight is 230 g/mol. The molecule has 0 bridgehead atoms. The second-order valence-electron chi connectivity index (χ2n) is 5.72. The van der Waals surface area contributed by atoms with Crippen molar-refractivity contribution in [1.29, 1.82) is 5.26 Å². The Kier molecular flexibility index (Phi) is 4.31. The van der Waals surface area contributed by atoms with E-state index >= 15 is 0 Å². The minimum Gasteiger partial charge on any atom is -0.289 e. The highest BCUT2D eigenvalue weighted by Crippen LogP contribution is 2.24. The summed E-state index contributed by atoms with van der Waals surface area (Å²) < 4.78 is 0. The van der Waals surface area contributed by atoms with Gasteiger partial charge in [0.05, 0.1) is 12.6 Å². The molecular weight excluding hydrogens is 208 g/mol. The van der Waals surface area contributed by atoms with Gasteiger partial charge in [-0.25, -0.2) is 0 Å². The van der Waals surface area contributed by atoms with Crippen LogP contribution in [-0.4, -0.2) is 18.5 Å². The van der Waals surface area contributed by atoms with Gasteiger partial charge in [-0.3, -0.25) is 4.90 Å². The molecule has 0 saturated heterocycles. The fraction of sp³-hybridized carbons (Fsp3) is 0.533. The Morgan fingerprint density at radius 2 is 1.94 bits per heavy atom. The topological polar surface area (TPSA) is 27.0 Å². The number of nitrogens with zero attached hydrogens (tertiary/aromatic N) is 2. The van der Waals surface area contributed by atoms with E-state index < -0.39 is 0 Å². The first-order valence-corrected chi connectivity index (χ1v) is 6.00. The molecule has 1 aromatic carbocycles. The zero-order valence-electron chi connectivity index (χ0n) is 11.5. The zero-order chi connectivity index (χ0) is 13.1. The van der Waals surface area contributed by atoms with Crippen molar-refractivity contribution < 1.29 is 0 Å². The Hall–Kier alpha value is -1.33. The van der Waals surface area contributed by atoms with Gasteiger partial charge in [-0.1, -0.05) is 39.0 Å². The van der Waals surface area contributed by atoms with Gasteiger partial charge in [0, 0.05) is 6.54 Å². The monoisotopic (exact) mass is 230 g/mol. The summed E-state index contributed by atoms with van der Waals surface area (Å²) in [5.74, 6) is 0. The van der Waals surface area contributed by atoms with E-state index in [0.717, 1.165) is 6.54 Å². The van der Waals surface area contributed by atoms with Crippen LogP contribution in [0.3, 0.4) is 0 Å². The van der Waals surface area contributed by atoms with Crippen molar-refractivity contribution in [3.05, 3.63) is 34.9 Å². The van der Waals surface area contributed by atoms with Gasteiger partial charge in [0.2, 0.25) is 0 Å². The maximum atomic E-state index is 8.64. The standard InChI is InChI=1S/C15H22N2/c1-12-10-14(15(2,3)4)7-6-13(12)11-17(5)9-8-16/h6-7,10H,9,11H2,1-5H3. The van der Waals surface area contributed by atoms with Gasteiger partial charge in [0.1, 0.15) is 0 Å². The normalized spacial score (nSPS) is 11.6. The summed E-state index contributed by atoms with van der Waals surface area (Å²) >= 11 is 0. The van der Waals surface area contributed by atoms with Gasteiger partial charge in [-0.2, -0.15) is 5.26 Å². The first-order chi connectivity index (χ1) is 7.84. The molecule has 0 saturated carbocycles. The van der Waals surface area contributed by atoms with Crippen LogP contribution in [0, 0.1) is 18.3 Å². The van der Waals surface area contributed by atoms with Crippen molar-refractivity contribution in [3.63, 3.8) is 0 Å². The van der Waals surface area contributed by atoms with Gasteiger partial charge in [0.25, 0.3) is 0 Å². The summed E-state index contributed by atoms with van der Waals surface area (Å²) in [7, 11) is 1.97. The molecule has 92 valence electrons. The lowest BCUT2D eigenvalue weighted by Crippen LogP contribution is -2.19. The molecule has 2 heteroatoms. The van der Waals surface area contributed by atoms with E-state index in [1.54, 1.807) is 0 Å². The smallest absolute Gasteiger partial charge is 0.0866 e. The third kappa shape index (κ3) is 3.87. The quantitative estimate of drug-likeness (QED) is 0.745. The van der Waals surface area contributed by atoms with E-state index in [2.05, 4.69) is 52.0 Å². The lowest BCUT2D eigenvalue weighted by atomic mass is 9.85. The number of rotatable bonds is 3. The Morgan fingerprint density at radius 3 is 2.41 bits per heavy atom. The molecule has 0 amide bonds. The van der Waals surface area contributed by atoms with Gasteiger partial charge in [-0.05, 0) is 36.1 Å². The Morgan fingerprint density at radius 1 is 1.29 bits per heavy atom. The van der Waals surface area contributed by atoms with E-state index in [1.165, 1.54) is 16.7 Å². The summed E-state index contributed by atoms with van der Waals surface area (Å²) in [6.45, 7) is 10.1. The first kappa shape index (κ1) is 13.7. The summed E-state index contributed by atoms with van der Waals surface area (Å²) in [5.41, 5.74) is 4.17. The summed E-state index contributed by atoms with van der Waals surface area (Å²) in [6, 6.07) is 8.81. The Balaban J connectivity index is 2.88. The molecule has 0 aliphatic carbocycles. The van der Waals surface area contributed by atoms with Crippen molar-refractivity contribution >= 4 is 0 Å². The zero-order valence-corrected chi connectivity index (χ0v) is 11.5. The molecule has 0 aliphatic heterocycles. The van der Waals surface area contributed by atoms with E-state index in [1.807, 2.05) is 11.9 Å². The van der Waals surface area contributed by atoms with Crippen molar-refractivity contribution in [3.8, 4) is 6.07 Å². The molecule has 0 N–H and O–H groups in total. The third-order valence-corrected chi connectivity index (χ3v) is 2.99. The second-order valence-corrected chi connectivity index (χ2v) is 5.72. The van der Waals surface area contributed by atoms with E-state index in [4.69, 9.17) is 5.26 Å². The van der Waals surface area contributed by atoms with Gasteiger partial charge in [-0.15, -0.1) is 0 Å². The van der Waals surface area contributed by atoms with Crippen molar-refractivity contribution in [2.75, 3.05) is 13.6 Å². The van der Waals surface area contributed by atoms with Crippen LogP contribution in [0.15, 0.2) is 18.2 Å². The molecule has 0 heterocycles. The molecule has 0 spiro atoms.